The van der Waals surface area contributed by atoms with E-state index in [-0.39, 0.29) is 0 Å². The molecule has 0 spiro atoms. The first kappa shape index (κ1) is 8.72. The second-order valence-electron chi connectivity index (χ2n) is 3.65. The number of hydrogen-bond acceptors (Lipinski definition) is 3. The Morgan fingerprint density at radius 3 is 3.08 bits per heavy atom. The molecule has 1 fully saturated rings. The van der Waals surface area contributed by atoms with Gasteiger partial charge in [-0.25, -0.2) is 0 Å². The molecule has 1 aromatic rings. The third-order valence-corrected chi connectivity index (χ3v) is 2.66. The van der Waals surface area contributed by atoms with Crippen LogP contribution in [0.2, 0.25) is 0 Å². The van der Waals surface area contributed by atoms with Crippen molar-refractivity contribution in [3.05, 3.63) is 18.0 Å². The van der Waals surface area contributed by atoms with E-state index >= 15 is 0 Å². The van der Waals surface area contributed by atoms with Crippen LogP contribution in [0, 0.1) is 0 Å². The minimum atomic E-state index is -0.719. The van der Waals surface area contributed by atoms with Crippen LogP contribution in [-0.2, 0) is 12.6 Å². The number of aryl methyl sites for hydroxylation is 1. The standard InChI is InChI=1S/C9H15N3O/c1-12-8(3-6-11-12)9(13)4-2-5-10-7-9/h3,6,10,13H,2,4-5,7H2,1H3. The van der Waals surface area contributed by atoms with E-state index in [0.29, 0.717) is 6.54 Å². The van der Waals surface area contributed by atoms with Crippen molar-refractivity contribution in [2.45, 2.75) is 18.4 Å². The fraction of sp³-hybridized carbons (Fsp3) is 0.667. The highest BCUT2D eigenvalue weighted by molar-refractivity contribution is 5.13. The van der Waals surface area contributed by atoms with Crippen molar-refractivity contribution >= 4 is 0 Å². The Hall–Kier alpha value is -0.870. The molecule has 2 heterocycles. The average Bonchev–Trinajstić information content (AvgIpc) is 2.53. The molecule has 2 rings (SSSR count). The summed E-state index contributed by atoms with van der Waals surface area (Å²) in [6.07, 6.45) is 3.56. The van der Waals surface area contributed by atoms with E-state index in [9.17, 15) is 5.11 Å². The largest absolute Gasteiger partial charge is 0.382 e. The van der Waals surface area contributed by atoms with Crippen LogP contribution in [0.3, 0.4) is 0 Å². The van der Waals surface area contributed by atoms with Gasteiger partial charge in [-0.15, -0.1) is 0 Å². The van der Waals surface area contributed by atoms with Crippen LogP contribution in [0.4, 0.5) is 0 Å². The monoisotopic (exact) mass is 181 g/mol. The Kier molecular flexibility index (Phi) is 2.09. The van der Waals surface area contributed by atoms with Crippen LogP contribution in [-0.4, -0.2) is 28.0 Å². The molecule has 1 aliphatic rings. The van der Waals surface area contributed by atoms with Gasteiger partial charge in [0.05, 0.1) is 5.69 Å². The number of piperidine rings is 1. The minimum Gasteiger partial charge on any atom is -0.382 e. The molecule has 4 nitrogen and oxygen atoms in total. The first-order valence-corrected chi connectivity index (χ1v) is 4.64. The van der Waals surface area contributed by atoms with Crippen LogP contribution in [0.1, 0.15) is 18.5 Å². The van der Waals surface area contributed by atoms with Gasteiger partial charge in [-0.05, 0) is 25.5 Å². The van der Waals surface area contributed by atoms with Gasteiger partial charge in [-0.1, -0.05) is 0 Å². The summed E-state index contributed by atoms with van der Waals surface area (Å²) in [4.78, 5) is 0. The van der Waals surface area contributed by atoms with Crippen LogP contribution in [0.5, 0.6) is 0 Å². The third-order valence-electron chi connectivity index (χ3n) is 2.66. The molecule has 1 atom stereocenters. The summed E-state index contributed by atoms with van der Waals surface area (Å²) in [7, 11) is 1.86. The van der Waals surface area contributed by atoms with Crippen LogP contribution >= 0.6 is 0 Å². The molecular weight excluding hydrogens is 166 g/mol. The molecule has 0 aromatic carbocycles. The molecule has 72 valence electrons. The number of aromatic nitrogens is 2. The number of β-amino-alcohol motifs (C(OH)–C–C–N with tert-alkyl or cyclic N) is 1. The van der Waals surface area contributed by atoms with Crippen LogP contribution in [0.25, 0.3) is 0 Å². The summed E-state index contributed by atoms with van der Waals surface area (Å²) >= 11 is 0. The van der Waals surface area contributed by atoms with Crippen molar-refractivity contribution in [1.29, 1.82) is 0 Å². The molecule has 0 bridgehead atoms. The van der Waals surface area contributed by atoms with Gasteiger partial charge < -0.3 is 10.4 Å². The maximum Gasteiger partial charge on any atom is 0.119 e. The zero-order valence-corrected chi connectivity index (χ0v) is 7.82. The topological polar surface area (TPSA) is 50.1 Å². The predicted octanol–water partition coefficient (Wildman–Crippen LogP) is -0.00890. The second-order valence-corrected chi connectivity index (χ2v) is 3.65. The molecule has 0 radical (unpaired) electrons. The van der Waals surface area contributed by atoms with Crippen molar-refractivity contribution in [1.82, 2.24) is 15.1 Å². The van der Waals surface area contributed by atoms with Gasteiger partial charge in [0.2, 0.25) is 0 Å². The van der Waals surface area contributed by atoms with Crippen molar-refractivity contribution in [3.63, 3.8) is 0 Å². The SMILES string of the molecule is Cn1nccc1C1(O)CCCNC1. The number of rotatable bonds is 1. The first-order valence-electron chi connectivity index (χ1n) is 4.64. The van der Waals surface area contributed by atoms with Gasteiger partial charge in [0.15, 0.2) is 0 Å². The molecule has 0 amide bonds. The summed E-state index contributed by atoms with van der Waals surface area (Å²) in [6, 6.07) is 1.88. The highest BCUT2D eigenvalue weighted by Crippen LogP contribution is 2.27. The zero-order valence-electron chi connectivity index (χ0n) is 7.82. The molecule has 1 aromatic heterocycles. The van der Waals surface area contributed by atoms with Gasteiger partial charge in [-0.2, -0.15) is 5.10 Å². The van der Waals surface area contributed by atoms with Crippen molar-refractivity contribution < 1.29 is 5.11 Å². The van der Waals surface area contributed by atoms with Crippen molar-refractivity contribution in [3.8, 4) is 0 Å². The smallest absolute Gasteiger partial charge is 0.119 e. The number of aliphatic hydroxyl groups is 1. The molecule has 1 aliphatic heterocycles. The van der Waals surface area contributed by atoms with E-state index in [2.05, 4.69) is 10.4 Å². The molecule has 0 saturated carbocycles. The Morgan fingerprint density at radius 1 is 1.69 bits per heavy atom. The highest BCUT2D eigenvalue weighted by Gasteiger charge is 2.33. The van der Waals surface area contributed by atoms with E-state index in [0.717, 1.165) is 25.1 Å². The number of nitrogens with zero attached hydrogens (tertiary/aromatic N) is 2. The van der Waals surface area contributed by atoms with E-state index in [4.69, 9.17) is 0 Å². The van der Waals surface area contributed by atoms with Crippen molar-refractivity contribution in [2.24, 2.45) is 7.05 Å². The molecule has 2 N–H and O–H groups in total. The van der Waals surface area contributed by atoms with Crippen molar-refractivity contribution in [2.75, 3.05) is 13.1 Å². The highest BCUT2D eigenvalue weighted by atomic mass is 16.3. The summed E-state index contributed by atoms with van der Waals surface area (Å²) in [5, 5.41) is 17.6. The summed E-state index contributed by atoms with van der Waals surface area (Å²) in [5.41, 5.74) is 0.184. The Bertz CT molecular complexity index is 289. The normalized spacial score (nSPS) is 29.1. The zero-order chi connectivity index (χ0) is 9.31. The number of nitrogens with one attached hydrogen (secondary N) is 1. The lowest BCUT2D eigenvalue weighted by Gasteiger charge is -2.32. The summed E-state index contributed by atoms with van der Waals surface area (Å²) in [5.74, 6) is 0. The molecule has 1 saturated heterocycles. The van der Waals surface area contributed by atoms with Crippen LogP contribution < -0.4 is 5.32 Å². The third kappa shape index (κ3) is 1.47. The Balaban J connectivity index is 2.27. The van der Waals surface area contributed by atoms with E-state index in [1.807, 2.05) is 13.1 Å². The van der Waals surface area contributed by atoms with Gasteiger partial charge in [-0.3, -0.25) is 4.68 Å². The average molecular weight is 181 g/mol. The van der Waals surface area contributed by atoms with Gasteiger partial charge in [0.25, 0.3) is 0 Å². The lowest BCUT2D eigenvalue weighted by atomic mass is 9.91. The van der Waals surface area contributed by atoms with E-state index < -0.39 is 5.60 Å². The molecule has 0 aliphatic carbocycles. The van der Waals surface area contributed by atoms with Gasteiger partial charge >= 0.3 is 0 Å². The second kappa shape index (κ2) is 3.12. The number of hydrogen-bond donors (Lipinski definition) is 2. The minimum absolute atomic E-state index is 0.631. The van der Waals surface area contributed by atoms with E-state index in [1.165, 1.54) is 0 Å². The van der Waals surface area contributed by atoms with Crippen LogP contribution in [0.15, 0.2) is 12.3 Å². The van der Waals surface area contributed by atoms with Gasteiger partial charge in [0.1, 0.15) is 5.60 Å². The lowest BCUT2D eigenvalue weighted by Crippen LogP contribution is -2.44. The maximum atomic E-state index is 10.3. The van der Waals surface area contributed by atoms with E-state index in [1.54, 1.807) is 10.9 Å². The molecule has 4 heteroatoms. The Labute approximate surface area is 77.6 Å². The first-order chi connectivity index (χ1) is 6.22. The van der Waals surface area contributed by atoms with Gasteiger partial charge in [0, 0.05) is 19.8 Å². The Morgan fingerprint density at radius 2 is 2.54 bits per heavy atom. The molecular formula is C9H15N3O. The molecule has 1 unspecified atom stereocenters. The fourth-order valence-corrected chi connectivity index (χ4v) is 1.94. The summed E-state index contributed by atoms with van der Waals surface area (Å²) < 4.78 is 1.74. The molecule has 13 heavy (non-hydrogen) atoms. The fourth-order valence-electron chi connectivity index (χ4n) is 1.94. The quantitative estimate of drug-likeness (QED) is 0.640. The predicted molar refractivity (Wildman–Crippen MR) is 49.2 cm³/mol. The maximum absolute atomic E-state index is 10.3. The lowest BCUT2D eigenvalue weighted by molar-refractivity contribution is 0.00484. The summed E-state index contributed by atoms with van der Waals surface area (Å²) in [6.45, 7) is 1.63.